The lowest BCUT2D eigenvalue weighted by atomic mass is 10.1. The van der Waals surface area contributed by atoms with Crippen molar-refractivity contribution in [3.05, 3.63) is 24.3 Å². The third-order valence-corrected chi connectivity index (χ3v) is 8.12. The minimum Gasteiger partial charge on any atom is -0.353 e. The highest BCUT2D eigenvalue weighted by molar-refractivity contribution is 5.89. The van der Waals surface area contributed by atoms with Crippen LogP contribution >= 0.6 is 0 Å². The molecule has 0 spiro atoms. The van der Waals surface area contributed by atoms with E-state index in [9.17, 15) is 9.59 Å². The normalized spacial score (nSPS) is 25.2. The van der Waals surface area contributed by atoms with Crippen molar-refractivity contribution in [2.75, 3.05) is 26.4 Å². The van der Waals surface area contributed by atoms with Gasteiger partial charge in [0, 0.05) is 38.5 Å². The molecule has 2 N–H and O–H groups in total. The molecule has 2 unspecified atom stereocenters. The largest absolute Gasteiger partial charge is 0.353 e. The maximum atomic E-state index is 12.4. The molecule has 2 saturated heterocycles. The molecule has 0 bridgehead atoms. The summed E-state index contributed by atoms with van der Waals surface area (Å²) in [6, 6.07) is -0.00209. The number of amides is 2. The molecule has 2 aliphatic heterocycles. The third kappa shape index (κ3) is 15.9. The number of rotatable bonds is 20. The average Bonchev–Trinajstić information content (AvgIpc) is 3.42. The number of carbonyl (C=O) groups is 2. The van der Waals surface area contributed by atoms with Gasteiger partial charge >= 0.3 is 0 Å². The quantitative estimate of drug-likeness (QED) is 0.132. The van der Waals surface area contributed by atoms with Crippen LogP contribution in [0.5, 0.6) is 0 Å². The molecular weight excluding hydrogens is 520 g/mol. The zero-order chi connectivity index (χ0) is 28.8. The Morgan fingerprint density at radius 1 is 0.585 bits per heavy atom. The van der Waals surface area contributed by atoms with Crippen LogP contribution in [0.15, 0.2) is 24.3 Å². The molecule has 8 nitrogen and oxygen atoms in total. The van der Waals surface area contributed by atoms with E-state index >= 15 is 0 Å². The summed E-state index contributed by atoms with van der Waals surface area (Å²) in [6.07, 6.45) is 27.4. The molecule has 8 heteroatoms. The minimum absolute atomic E-state index is 0.00104. The first-order valence-corrected chi connectivity index (χ1v) is 16.6. The second kappa shape index (κ2) is 21.9. The first-order valence-electron chi connectivity index (χ1n) is 16.6. The molecule has 1 saturated carbocycles. The Hall–Kier alpha value is -1.74. The standard InChI is InChI=1S/C33H56N2O6/c36-30(20-9-5-1-3-7-13-24-38-32-22-11-15-26-40-32)34-28-18-17-19-29(28)35-31(37)21-10-6-2-4-8-14-25-39-33-23-12-16-27-41-33/h9-10,20-21,28-29,32-33H,1-8,11-19,22-27H2,(H,34,36)(H,35,37)/b20-9+,21-10+/t28-,29+,32?,33?. The molecule has 2 amide bonds. The van der Waals surface area contributed by atoms with Crippen LogP contribution in [0.2, 0.25) is 0 Å². The van der Waals surface area contributed by atoms with Gasteiger partial charge in [-0.2, -0.15) is 0 Å². The molecule has 3 rings (SSSR count). The third-order valence-electron chi connectivity index (χ3n) is 8.12. The molecule has 0 aromatic heterocycles. The molecule has 3 fully saturated rings. The Balaban J connectivity index is 1.14. The number of ether oxygens (including phenoxy) is 4. The van der Waals surface area contributed by atoms with Gasteiger partial charge in [0.1, 0.15) is 0 Å². The summed E-state index contributed by atoms with van der Waals surface area (Å²) in [7, 11) is 0. The smallest absolute Gasteiger partial charge is 0.243 e. The number of allylic oxidation sites excluding steroid dienone is 2. The Bertz CT molecular complexity index is 699. The van der Waals surface area contributed by atoms with Crippen molar-refractivity contribution in [2.24, 2.45) is 0 Å². The molecule has 41 heavy (non-hydrogen) atoms. The van der Waals surface area contributed by atoms with Crippen LogP contribution in [0, 0.1) is 0 Å². The van der Waals surface area contributed by atoms with E-state index in [4.69, 9.17) is 18.9 Å². The summed E-state index contributed by atoms with van der Waals surface area (Å²) in [5, 5.41) is 6.19. The van der Waals surface area contributed by atoms with Gasteiger partial charge < -0.3 is 29.6 Å². The summed E-state index contributed by atoms with van der Waals surface area (Å²) in [6.45, 7) is 3.19. The molecule has 3 aliphatic rings. The lowest BCUT2D eigenvalue weighted by Gasteiger charge is -2.22. The predicted molar refractivity (Wildman–Crippen MR) is 161 cm³/mol. The highest BCUT2D eigenvalue weighted by Crippen LogP contribution is 2.20. The maximum Gasteiger partial charge on any atom is 0.243 e. The number of unbranched alkanes of at least 4 members (excludes halogenated alkanes) is 8. The SMILES string of the molecule is O=C(/C=C/CCCCCCOC1CCCCO1)N[C@H]1CCC[C@H]1NC(=O)/C=C/CCCCCCOC1CCCCO1. The van der Waals surface area contributed by atoms with Crippen LogP contribution in [-0.2, 0) is 28.5 Å². The van der Waals surface area contributed by atoms with Crippen molar-refractivity contribution in [2.45, 2.75) is 147 Å². The highest BCUT2D eigenvalue weighted by atomic mass is 16.7. The number of hydrogen-bond acceptors (Lipinski definition) is 6. The highest BCUT2D eigenvalue weighted by Gasteiger charge is 2.28. The van der Waals surface area contributed by atoms with Gasteiger partial charge in [0.15, 0.2) is 12.6 Å². The number of carbonyl (C=O) groups excluding carboxylic acids is 2. The fraction of sp³-hybridized carbons (Fsp3) is 0.818. The molecular formula is C33H56N2O6. The lowest BCUT2D eigenvalue weighted by molar-refractivity contribution is -0.163. The van der Waals surface area contributed by atoms with Gasteiger partial charge in [-0.25, -0.2) is 0 Å². The zero-order valence-corrected chi connectivity index (χ0v) is 25.3. The topological polar surface area (TPSA) is 95.1 Å². The number of nitrogens with one attached hydrogen (secondary N) is 2. The predicted octanol–water partition coefficient (Wildman–Crippen LogP) is 6.24. The van der Waals surface area contributed by atoms with Gasteiger partial charge in [0.2, 0.25) is 11.8 Å². The van der Waals surface area contributed by atoms with E-state index in [1.807, 2.05) is 12.2 Å². The summed E-state index contributed by atoms with van der Waals surface area (Å²) in [5.41, 5.74) is 0. The van der Waals surface area contributed by atoms with E-state index in [-0.39, 0.29) is 36.5 Å². The summed E-state index contributed by atoms with van der Waals surface area (Å²) in [5.74, 6) is -0.131. The van der Waals surface area contributed by atoms with Crippen molar-refractivity contribution >= 4 is 11.8 Å². The molecule has 0 aromatic carbocycles. The van der Waals surface area contributed by atoms with Gasteiger partial charge in [-0.05, 0) is 108 Å². The van der Waals surface area contributed by atoms with Crippen molar-refractivity contribution in [3.63, 3.8) is 0 Å². The minimum atomic E-state index is -0.0655. The summed E-state index contributed by atoms with van der Waals surface area (Å²) >= 11 is 0. The van der Waals surface area contributed by atoms with E-state index < -0.39 is 0 Å². The van der Waals surface area contributed by atoms with Crippen LogP contribution in [0.25, 0.3) is 0 Å². The Morgan fingerprint density at radius 3 is 1.49 bits per heavy atom. The van der Waals surface area contributed by atoms with Crippen LogP contribution in [0.1, 0.15) is 122 Å². The van der Waals surface area contributed by atoms with Gasteiger partial charge in [-0.3, -0.25) is 9.59 Å². The Kier molecular flexibility index (Phi) is 18.0. The van der Waals surface area contributed by atoms with Gasteiger partial charge in [0.25, 0.3) is 0 Å². The zero-order valence-electron chi connectivity index (χ0n) is 25.3. The van der Waals surface area contributed by atoms with Crippen LogP contribution < -0.4 is 10.6 Å². The summed E-state index contributed by atoms with van der Waals surface area (Å²) in [4.78, 5) is 24.8. The fourth-order valence-electron chi connectivity index (χ4n) is 5.70. The Labute approximate surface area is 248 Å². The molecule has 1 aliphatic carbocycles. The maximum absolute atomic E-state index is 12.4. The van der Waals surface area contributed by atoms with Gasteiger partial charge in [-0.15, -0.1) is 0 Å². The molecule has 2 heterocycles. The first kappa shape index (κ1) is 33.8. The van der Waals surface area contributed by atoms with Crippen molar-refractivity contribution < 1.29 is 28.5 Å². The summed E-state index contributed by atoms with van der Waals surface area (Å²) < 4.78 is 22.7. The molecule has 234 valence electrons. The van der Waals surface area contributed by atoms with Gasteiger partial charge in [-0.1, -0.05) is 37.8 Å². The fourth-order valence-corrected chi connectivity index (χ4v) is 5.70. The van der Waals surface area contributed by atoms with Crippen molar-refractivity contribution in [1.82, 2.24) is 10.6 Å². The van der Waals surface area contributed by atoms with Gasteiger partial charge in [0.05, 0.1) is 0 Å². The monoisotopic (exact) mass is 576 g/mol. The first-order chi connectivity index (χ1) is 20.2. The molecule has 0 radical (unpaired) electrons. The second-order valence-corrected chi connectivity index (χ2v) is 11.7. The molecule has 0 aromatic rings. The lowest BCUT2D eigenvalue weighted by Crippen LogP contribution is -2.47. The van der Waals surface area contributed by atoms with Crippen LogP contribution in [0.3, 0.4) is 0 Å². The second-order valence-electron chi connectivity index (χ2n) is 11.7. The van der Waals surface area contributed by atoms with Crippen LogP contribution in [-0.4, -0.2) is 62.9 Å². The Morgan fingerprint density at radius 2 is 1.05 bits per heavy atom. The van der Waals surface area contributed by atoms with Crippen LogP contribution in [0.4, 0.5) is 0 Å². The van der Waals surface area contributed by atoms with E-state index in [0.717, 1.165) is 136 Å². The van der Waals surface area contributed by atoms with E-state index in [0.29, 0.717) is 0 Å². The van der Waals surface area contributed by atoms with E-state index in [1.165, 1.54) is 12.8 Å². The van der Waals surface area contributed by atoms with E-state index in [1.54, 1.807) is 12.2 Å². The molecule has 4 atom stereocenters. The van der Waals surface area contributed by atoms with Crippen molar-refractivity contribution in [3.8, 4) is 0 Å². The van der Waals surface area contributed by atoms with Crippen molar-refractivity contribution in [1.29, 1.82) is 0 Å². The van der Waals surface area contributed by atoms with E-state index in [2.05, 4.69) is 10.6 Å². The number of hydrogen-bond donors (Lipinski definition) is 2. The average molecular weight is 577 g/mol.